The van der Waals surface area contributed by atoms with Crippen molar-refractivity contribution in [3.05, 3.63) is 35.4 Å². The highest BCUT2D eigenvalue weighted by Gasteiger charge is 2.30. The molecule has 1 amide bonds. The quantitative estimate of drug-likeness (QED) is 0.749. The van der Waals surface area contributed by atoms with E-state index in [4.69, 9.17) is 10.2 Å². The van der Waals surface area contributed by atoms with E-state index in [0.29, 0.717) is 5.56 Å². The molecule has 0 radical (unpaired) electrons. The molecule has 0 fully saturated rings. The lowest BCUT2D eigenvalue weighted by molar-refractivity contribution is -0.142. The molecule has 0 aliphatic heterocycles. The van der Waals surface area contributed by atoms with Gasteiger partial charge in [-0.2, -0.15) is 13.2 Å². The van der Waals surface area contributed by atoms with Gasteiger partial charge in [-0.25, -0.2) is 4.79 Å². The summed E-state index contributed by atoms with van der Waals surface area (Å²) < 4.78 is 36.9. The number of halogens is 3. The van der Waals surface area contributed by atoms with Gasteiger partial charge in [0.25, 0.3) is 0 Å². The zero-order valence-electron chi connectivity index (χ0n) is 10.1. The van der Waals surface area contributed by atoms with E-state index in [0.717, 1.165) is 24.3 Å². The summed E-state index contributed by atoms with van der Waals surface area (Å²) in [5, 5.41) is 19.4. The summed E-state index contributed by atoms with van der Waals surface area (Å²) >= 11 is 0. The standard InChI is InChI=1S/C12H12F3NO4/c13-12(14,15)8-3-1-7(2-4-8)5-10(18)16-9(6-17)11(19)20/h1-4,9,17H,5-6H2,(H,16,18)(H,19,20)/t9-/m1/s1. The van der Waals surface area contributed by atoms with Crippen LogP contribution in [0.5, 0.6) is 0 Å². The third kappa shape index (κ3) is 4.54. The molecule has 0 saturated carbocycles. The Morgan fingerprint density at radius 1 is 1.20 bits per heavy atom. The van der Waals surface area contributed by atoms with Crippen molar-refractivity contribution in [2.45, 2.75) is 18.6 Å². The molecule has 0 saturated heterocycles. The molecule has 0 aromatic heterocycles. The SMILES string of the molecule is O=C(Cc1ccc(C(F)(F)F)cc1)N[C@H](CO)C(=O)O. The first-order chi connectivity index (χ1) is 9.24. The van der Waals surface area contributed by atoms with E-state index in [9.17, 15) is 22.8 Å². The lowest BCUT2D eigenvalue weighted by Gasteiger charge is -2.12. The Kier molecular flexibility index (Phi) is 5.09. The maximum atomic E-state index is 12.3. The fourth-order valence-corrected chi connectivity index (χ4v) is 1.43. The summed E-state index contributed by atoms with van der Waals surface area (Å²) in [7, 11) is 0. The number of rotatable bonds is 5. The zero-order chi connectivity index (χ0) is 15.3. The van der Waals surface area contributed by atoms with Crippen molar-refractivity contribution in [1.82, 2.24) is 5.32 Å². The van der Waals surface area contributed by atoms with Crippen LogP contribution in [-0.2, 0) is 22.2 Å². The predicted octanol–water partition coefficient (Wildman–Crippen LogP) is 0.810. The molecule has 0 aliphatic carbocycles. The number of alkyl halides is 3. The van der Waals surface area contributed by atoms with Crippen molar-refractivity contribution in [2.75, 3.05) is 6.61 Å². The van der Waals surface area contributed by atoms with E-state index in [-0.39, 0.29) is 6.42 Å². The van der Waals surface area contributed by atoms with Crippen molar-refractivity contribution in [3.63, 3.8) is 0 Å². The van der Waals surface area contributed by atoms with Gasteiger partial charge in [-0.15, -0.1) is 0 Å². The van der Waals surface area contributed by atoms with Crippen LogP contribution in [0.4, 0.5) is 13.2 Å². The Balaban J connectivity index is 2.65. The molecular formula is C12H12F3NO4. The molecule has 0 aliphatic rings. The van der Waals surface area contributed by atoms with E-state index in [2.05, 4.69) is 0 Å². The van der Waals surface area contributed by atoms with Crippen LogP contribution in [0.2, 0.25) is 0 Å². The van der Waals surface area contributed by atoms with Crippen LogP contribution in [0.15, 0.2) is 24.3 Å². The van der Waals surface area contributed by atoms with Crippen LogP contribution >= 0.6 is 0 Å². The minimum absolute atomic E-state index is 0.276. The van der Waals surface area contributed by atoms with Gasteiger partial charge in [0.1, 0.15) is 6.04 Å². The fourth-order valence-electron chi connectivity index (χ4n) is 1.43. The molecular weight excluding hydrogens is 279 g/mol. The largest absolute Gasteiger partial charge is 0.480 e. The molecule has 8 heteroatoms. The van der Waals surface area contributed by atoms with Gasteiger partial charge >= 0.3 is 12.1 Å². The van der Waals surface area contributed by atoms with Gasteiger partial charge in [0.05, 0.1) is 18.6 Å². The second-order valence-corrected chi connectivity index (χ2v) is 4.01. The first-order valence-corrected chi connectivity index (χ1v) is 5.53. The maximum Gasteiger partial charge on any atom is 0.416 e. The average molecular weight is 291 g/mol. The number of aliphatic hydroxyl groups excluding tert-OH is 1. The number of hydrogen-bond acceptors (Lipinski definition) is 3. The van der Waals surface area contributed by atoms with Gasteiger partial charge < -0.3 is 15.5 Å². The van der Waals surface area contributed by atoms with Crippen molar-refractivity contribution in [1.29, 1.82) is 0 Å². The number of aliphatic carboxylic acids is 1. The number of amides is 1. The molecule has 0 spiro atoms. The summed E-state index contributed by atoms with van der Waals surface area (Å²) in [4.78, 5) is 22.0. The van der Waals surface area contributed by atoms with Gasteiger partial charge in [0, 0.05) is 0 Å². The number of hydrogen-bond donors (Lipinski definition) is 3. The van der Waals surface area contributed by atoms with Gasteiger partial charge in [0.2, 0.25) is 5.91 Å². The summed E-state index contributed by atoms with van der Waals surface area (Å²) in [6.45, 7) is -0.770. The molecule has 1 atom stereocenters. The number of carbonyl (C=O) groups excluding carboxylic acids is 1. The van der Waals surface area contributed by atoms with Crippen molar-refractivity contribution < 1.29 is 33.0 Å². The van der Waals surface area contributed by atoms with Gasteiger partial charge in [-0.1, -0.05) is 12.1 Å². The van der Waals surface area contributed by atoms with Crippen LogP contribution in [0.1, 0.15) is 11.1 Å². The van der Waals surface area contributed by atoms with Gasteiger partial charge in [-0.05, 0) is 17.7 Å². The summed E-state index contributed by atoms with van der Waals surface area (Å²) in [5.41, 5.74) is -0.530. The molecule has 5 nitrogen and oxygen atoms in total. The van der Waals surface area contributed by atoms with E-state index < -0.39 is 36.3 Å². The highest BCUT2D eigenvalue weighted by Crippen LogP contribution is 2.29. The first kappa shape index (κ1) is 16.0. The van der Waals surface area contributed by atoms with Gasteiger partial charge in [-0.3, -0.25) is 4.79 Å². The first-order valence-electron chi connectivity index (χ1n) is 5.53. The lowest BCUT2D eigenvalue weighted by Crippen LogP contribution is -2.43. The highest BCUT2D eigenvalue weighted by atomic mass is 19.4. The number of aliphatic hydroxyl groups is 1. The summed E-state index contributed by atoms with van der Waals surface area (Å²) in [5.74, 6) is -2.10. The molecule has 0 bridgehead atoms. The summed E-state index contributed by atoms with van der Waals surface area (Å²) in [6, 6.07) is 2.51. The average Bonchev–Trinajstić information content (AvgIpc) is 2.35. The normalized spacial score (nSPS) is 12.8. The van der Waals surface area contributed by atoms with Crippen LogP contribution in [0.25, 0.3) is 0 Å². The van der Waals surface area contributed by atoms with E-state index >= 15 is 0 Å². The second kappa shape index (κ2) is 6.38. The Labute approximate surface area is 112 Å². The highest BCUT2D eigenvalue weighted by molar-refractivity contribution is 5.84. The topological polar surface area (TPSA) is 86.6 Å². The van der Waals surface area contributed by atoms with E-state index in [1.54, 1.807) is 0 Å². The monoisotopic (exact) mass is 291 g/mol. The molecule has 110 valence electrons. The Morgan fingerprint density at radius 2 is 1.75 bits per heavy atom. The molecule has 0 unspecified atom stereocenters. The molecule has 20 heavy (non-hydrogen) atoms. The minimum atomic E-state index is -4.45. The fraction of sp³-hybridized carbons (Fsp3) is 0.333. The number of carboxylic acid groups (broad SMARTS) is 1. The Bertz CT molecular complexity index is 484. The lowest BCUT2D eigenvalue weighted by atomic mass is 10.1. The zero-order valence-corrected chi connectivity index (χ0v) is 10.1. The summed E-state index contributed by atoms with van der Waals surface area (Å²) in [6.07, 6.45) is -4.73. The van der Waals surface area contributed by atoms with Crippen molar-refractivity contribution in [2.24, 2.45) is 0 Å². The van der Waals surface area contributed by atoms with Crippen molar-refractivity contribution >= 4 is 11.9 Å². The Morgan fingerprint density at radius 3 is 2.15 bits per heavy atom. The van der Waals surface area contributed by atoms with Gasteiger partial charge in [0.15, 0.2) is 0 Å². The molecule has 0 heterocycles. The van der Waals surface area contributed by atoms with Crippen LogP contribution < -0.4 is 5.32 Å². The van der Waals surface area contributed by atoms with E-state index in [1.807, 2.05) is 5.32 Å². The predicted molar refractivity (Wildman–Crippen MR) is 61.8 cm³/mol. The molecule has 1 rings (SSSR count). The van der Waals surface area contributed by atoms with Crippen LogP contribution in [0.3, 0.4) is 0 Å². The molecule has 1 aromatic rings. The number of benzene rings is 1. The molecule has 1 aromatic carbocycles. The molecule has 3 N–H and O–H groups in total. The van der Waals surface area contributed by atoms with Crippen LogP contribution in [0, 0.1) is 0 Å². The minimum Gasteiger partial charge on any atom is -0.480 e. The maximum absolute atomic E-state index is 12.3. The van der Waals surface area contributed by atoms with E-state index in [1.165, 1.54) is 0 Å². The Hall–Kier alpha value is -2.09. The number of carboxylic acids is 1. The second-order valence-electron chi connectivity index (χ2n) is 4.01. The number of nitrogens with one attached hydrogen (secondary N) is 1. The number of carbonyl (C=O) groups is 2. The van der Waals surface area contributed by atoms with Crippen molar-refractivity contribution in [3.8, 4) is 0 Å². The third-order valence-corrected chi connectivity index (χ3v) is 2.46. The smallest absolute Gasteiger partial charge is 0.416 e. The van der Waals surface area contributed by atoms with Crippen LogP contribution in [-0.4, -0.2) is 34.7 Å². The third-order valence-electron chi connectivity index (χ3n) is 2.46.